The molecule has 0 radical (unpaired) electrons. The highest BCUT2D eigenvalue weighted by atomic mass is 35.5. The van der Waals surface area contributed by atoms with Gasteiger partial charge in [-0.3, -0.25) is 4.98 Å². The minimum absolute atomic E-state index is 0.696. The van der Waals surface area contributed by atoms with Crippen LogP contribution in [0.15, 0.2) is 55.0 Å². The minimum Gasteiger partial charge on any atom is -0.264 e. The molecule has 0 aliphatic rings. The number of pyridine rings is 1. The molecule has 2 heterocycles. The zero-order valence-electron chi connectivity index (χ0n) is 9.36. The van der Waals surface area contributed by atoms with Crippen molar-refractivity contribution < 1.29 is 0 Å². The summed E-state index contributed by atoms with van der Waals surface area (Å²) in [6, 6.07) is 11.3. The lowest BCUT2D eigenvalue weighted by atomic mass is 10.2. The maximum Gasteiger partial charge on any atom is 0.0959 e. The van der Waals surface area contributed by atoms with Gasteiger partial charge in [-0.05, 0) is 36.4 Å². The molecule has 1 aromatic carbocycles. The van der Waals surface area contributed by atoms with E-state index in [0.717, 1.165) is 16.9 Å². The maximum absolute atomic E-state index is 5.87. The first-order valence-electron chi connectivity index (χ1n) is 5.41. The molecule has 0 spiro atoms. The van der Waals surface area contributed by atoms with Crippen LogP contribution in [-0.4, -0.2) is 20.0 Å². The van der Waals surface area contributed by atoms with E-state index in [-0.39, 0.29) is 0 Å². The fourth-order valence-electron chi connectivity index (χ4n) is 1.72. The van der Waals surface area contributed by atoms with Crippen LogP contribution in [-0.2, 0) is 0 Å². The van der Waals surface area contributed by atoms with E-state index in [1.807, 2.05) is 36.4 Å². The summed E-state index contributed by atoms with van der Waals surface area (Å²) < 4.78 is 1.76. The number of halogens is 1. The Labute approximate surface area is 109 Å². The summed E-state index contributed by atoms with van der Waals surface area (Å²) in [7, 11) is 0. The van der Waals surface area contributed by atoms with Gasteiger partial charge in [-0.25, -0.2) is 4.68 Å². The first kappa shape index (κ1) is 10.9. The van der Waals surface area contributed by atoms with Gasteiger partial charge in [-0.2, -0.15) is 0 Å². The van der Waals surface area contributed by atoms with Crippen molar-refractivity contribution in [3.63, 3.8) is 0 Å². The first-order valence-corrected chi connectivity index (χ1v) is 5.79. The van der Waals surface area contributed by atoms with Crippen molar-refractivity contribution >= 4 is 11.6 Å². The summed E-state index contributed by atoms with van der Waals surface area (Å²) in [5.41, 5.74) is 2.78. The zero-order chi connectivity index (χ0) is 12.4. The van der Waals surface area contributed by atoms with Gasteiger partial charge in [-0.15, -0.1) is 5.10 Å². The van der Waals surface area contributed by atoms with Crippen LogP contribution in [0.4, 0.5) is 0 Å². The van der Waals surface area contributed by atoms with E-state index in [1.54, 1.807) is 23.3 Å². The molecule has 0 unspecified atom stereocenters. The second-order valence-corrected chi connectivity index (χ2v) is 4.19. The monoisotopic (exact) mass is 256 g/mol. The zero-order valence-corrected chi connectivity index (χ0v) is 10.1. The smallest absolute Gasteiger partial charge is 0.0959 e. The molecule has 0 saturated heterocycles. The minimum atomic E-state index is 0.696. The number of aromatic nitrogens is 4. The van der Waals surface area contributed by atoms with Gasteiger partial charge in [0.2, 0.25) is 0 Å². The van der Waals surface area contributed by atoms with Gasteiger partial charge in [0.15, 0.2) is 0 Å². The van der Waals surface area contributed by atoms with Crippen LogP contribution in [0.5, 0.6) is 0 Å². The summed E-state index contributed by atoms with van der Waals surface area (Å²) in [5, 5.41) is 8.73. The standard InChI is InChI=1S/C13H9ClN4/c14-11-3-5-12(6-4-11)18-13(9-16-17-18)10-2-1-7-15-8-10/h1-9H. The Hall–Kier alpha value is -2.20. The summed E-state index contributed by atoms with van der Waals surface area (Å²) >= 11 is 5.87. The van der Waals surface area contributed by atoms with E-state index < -0.39 is 0 Å². The van der Waals surface area contributed by atoms with Crippen molar-refractivity contribution in [2.75, 3.05) is 0 Å². The molecule has 3 aromatic rings. The third-order valence-corrected chi connectivity index (χ3v) is 2.83. The molecule has 88 valence electrons. The molecule has 0 saturated carbocycles. The molecule has 0 atom stereocenters. The molecule has 0 N–H and O–H groups in total. The van der Waals surface area contributed by atoms with Crippen molar-refractivity contribution in [3.05, 3.63) is 60.0 Å². The molecule has 0 aliphatic carbocycles. The Balaban J connectivity index is 2.10. The normalized spacial score (nSPS) is 10.5. The lowest BCUT2D eigenvalue weighted by molar-refractivity contribution is 0.807. The van der Waals surface area contributed by atoms with Gasteiger partial charge in [0.1, 0.15) is 0 Å². The van der Waals surface area contributed by atoms with E-state index in [1.165, 1.54) is 0 Å². The number of nitrogens with zero attached hydrogens (tertiary/aromatic N) is 4. The average molecular weight is 257 g/mol. The summed E-state index contributed by atoms with van der Waals surface area (Å²) in [6.45, 7) is 0. The predicted octanol–water partition coefficient (Wildman–Crippen LogP) is 2.98. The quantitative estimate of drug-likeness (QED) is 0.708. The third-order valence-electron chi connectivity index (χ3n) is 2.58. The molecule has 0 amide bonds. The van der Waals surface area contributed by atoms with Crippen LogP contribution in [0.25, 0.3) is 16.9 Å². The Kier molecular flexibility index (Phi) is 2.78. The molecule has 5 heteroatoms. The molecule has 4 nitrogen and oxygen atoms in total. The van der Waals surface area contributed by atoms with E-state index in [0.29, 0.717) is 5.02 Å². The van der Waals surface area contributed by atoms with Crippen molar-refractivity contribution in [1.29, 1.82) is 0 Å². The summed E-state index contributed by atoms with van der Waals surface area (Å²) in [5.74, 6) is 0. The summed E-state index contributed by atoms with van der Waals surface area (Å²) in [4.78, 5) is 4.10. The molecule has 0 aliphatic heterocycles. The van der Waals surface area contributed by atoms with E-state index >= 15 is 0 Å². The fraction of sp³-hybridized carbons (Fsp3) is 0. The number of rotatable bonds is 2. The van der Waals surface area contributed by atoms with Gasteiger partial charge in [0.25, 0.3) is 0 Å². The van der Waals surface area contributed by atoms with Crippen molar-refractivity contribution in [2.24, 2.45) is 0 Å². The number of hydrogen-bond acceptors (Lipinski definition) is 3. The van der Waals surface area contributed by atoms with Crippen molar-refractivity contribution in [1.82, 2.24) is 20.0 Å². The Morgan fingerprint density at radius 1 is 1.00 bits per heavy atom. The highest BCUT2D eigenvalue weighted by Gasteiger charge is 2.08. The Bertz CT molecular complexity index is 646. The van der Waals surface area contributed by atoms with Crippen LogP contribution in [0.3, 0.4) is 0 Å². The Morgan fingerprint density at radius 2 is 1.83 bits per heavy atom. The van der Waals surface area contributed by atoms with Crippen LogP contribution in [0, 0.1) is 0 Å². The predicted molar refractivity (Wildman–Crippen MR) is 69.6 cm³/mol. The molecule has 18 heavy (non-hydrogen) atoms. The van der Waals surface area contributed by atoms with Gasteiger partial charge >= 0.3 is 0 Å². The van der Waals surface area contributed by atoms with Crippen molar-refractivity contribution in [3.8, 4) is 16.9 Å². The number of hydrogen-bond donors (Lipinski definition) is 0. The van der Waals surface area contributed by atoms with Crippen LogP contribution in [0.1, 0.15) is 0 Å². The molecule has 2 aromatic heterocycles. The maximum atomic E-state index is 5.87. The van der Waals surface area contributed by atoms with Gasteiger partial charge < -0.3 is 0 Å². The number of benzene rings is 1. The Morgan fingerprint density at radius 3 is 2.56 bits per heavy atom. The molecular weight excluding hydrogens is 248 g/mol. The lowest BCUT2D eigenvalue weighted by Gasteiger charge is -2.05. The fourth-order valence-corrected chi connectivity index (χ4v) is 1.85. The van der Waals surface area contributed by atoms with Gasteiger partial charge in [-0.1, -0.05) is 16.8 Å². The average Bonchev–Trinajstić information content (AvgIpc) is 2.90. The SMILES string of the molecule is Clc1ccc(-n2nncc2-c2cccnc2)cc1. The van der Waals surface area contributed by atoms with Crippen LogP contribution >= 0.6 is 11.6 Å². The molecular formula is C13H9ClN4. The second kappa shape index (κ2) is 4.58. The summed E-state index contributed by atoms with van der Waals surface area (Å²) in [6.07, 6.45) is 5.23. The molecule has 3 rings (SSSR count). The second-order valence-electron chi connectivity index (χ2n) is 3.75. The van der Waals surface area contributed by atoms with Gasteiger partial charge in [0, 0.05) is 23.0 Å². The van der Waals surface area contributed by atoms with Crippen LogP contribution in [0.2, 0.25) is 5.02 Å². The van der Waals surface area contributed by atoms with E-state index in [2.05, 4.69) is 15.3 Å². The largest absolute Gasteiger partial charge is 0.264 e. The highest BCUT2D eigenvalue weighted by Crippen LogP contribution is 2.21. The van der Waals surface area contributed by atoms with Crippen LogP contribution < -0.4 is 0 Å². The van der Waals surface area contributed by atoms with E-state index in [9.17, 15) is 0 Å². The first-order chi connectivity index (χ1) is 8.84. The molecule has 0 fully saturated rings. The van der Waals surface area contributed by atoms with Gasteiger partial charge in [0.05, 0.1) is 17.6 Å². The third kappa shape index (κ3) is 1.98. The highest BCUT2D eigenvalue weighted by molar-refractivity contribution is 6.30. The lowest BCUT2D eigenvalue weighted by Crippen LogP contribution is -1.99. The molecule has 0 bridgehead atoms. The van der Waals surface area contributed by atoms with E-state index in [4.69, 9.17) is 11.6 Å². The topological polar surface area (TPSA) is 43.6 Å². The van der Waals surface area contributed by atoms with Crippen molar-refractivity contribution in [2.45, 2.75) is 0 Å².